The highest BCUT2D eigenvalue weighted by atomic mass is 79.9. The molecule has 3 aromatic rings. The molecule has 0 aliphatic heterocycles. The zero-order valence-corrected chi connectivity index (χ0v) is 20.0. The molecule has 6 heteroatoms. The van der Waals surface area contributed by atoms with E-state index in [2.05, 4.69) is 44.1 Å². The SMILES string of the molecule is CCc1ccc(NC(=O)/C(C#N)=C/c2cc(Br)ccc2OCc2ccc(Br)cc2)cc1. The van der Waals surface area contributed by atoms with Gasteiger partial charge in [-0.3, -0.25) is 4.79 Å². The number of nitrogens with zero attached hydrogens (tertiary/aromatic N) is 1. The van der Waals surface area contributed by atoms with Gasteiger partial charge in [-0.1, -0.05) is 63.0 Å². The lowest BCUT2D eigenvalue weighted by Gasteiger charge is -2.11. The van der Waals surface area contributed by atoms with Crippen molar-refractivity contribution >= 4 is 49.5 Å². The van der Waals surface area contributed by atoms with Crippen molar-refractivity contribution in [3.8, 4) is 11.8 Å². The van der Waals surface area contributed by atoms with Crippen LogP contribution in [0.5, 0.6) is 5.75 Å². The Kier molecular flexibility index (Phi) is 8.05. The lowest BCUT2D eigenvalue weighted by atomic mass is 10.1. The Hall–Kier alpha value is -2.88. The fraction of sp³-hybridized carbons (Fsp3) is 0.120. The molecule has 0 aromatic heterocycles. The quantitative estimate of drug-likeness (QED) is 0.262. The van der Waals surface area contributed by atoms with Crippen molar-refractivity contribution < 1.29 is 9.53 Å². The summed E-state index contributed by atoms with van der Waals surface area (Å²) in [5, 5.41) is 12.4. The van der Waals surface area contributed by atoms with E-state index in [-0.39, 0.29) is 5.57 Å². The van der Waals surface area contributed by atoms with E-state index in [0.717, 1.165) is 20.9 Å². The van der Waals surface area contributed by atoms with Crippen LogP contribution in [0.3, 0.4) is 0 Å². The molecule has 0 spiro atoms. The average Bonchev–Trinajstić information content (AvgIpc) is 2.78. The number of amides is 1. The summed E-state index contributed by atoms with van der Waals surface area (Å²) in [6, 6.07) is 22.9. The van der Waals surface area contributed by atoms with Gasteiger partial charge in [0.15, 0.2) is 0 Å². The molecule has 0 saturated heterocycles. The number of carbonyl (C=O) groups excluding carboxylic acids is 1. The third kappa shape index (κ3) is 6.55. The molecule has 0 aliphatic carbocycles. The number of ether oxygens (including phenoxy) is 1. The first kappa shape index (κ1) is 22.8. The van der Waals surface area contributed by atoms with Crippen molar-refractivity contribution in [3.05, 3.63) is 97.9 Å². The van der Waals surface area contributed by atoms with Gasteiger partial charge in [0, 0.05) is 20.2 Å². The zero-order valence-electron chi connectivity index (χ0n) is 16.9. The minimum Gasteiger partial charge on any atom is -0.488 e. The lowest BCUT2D eigenvalue weighted by Crippen LogP contribution is -2.13. The van der Waals surface area contributed by atoms with Gasteiger partial charge in [0.05, 0.1) is 0 Å². The van der Waals surface area contributed by atoms with Crippen LogP contribution in [0, 0.1) is 11.3 Å². The van der Waals surface area contributed by atoms with Gasteiger partial charge in [-0.05, 0) is 66.1 Å². The van der Waals surface area contributed by atoms with Crippen molar-refractivity contribution in [3.63, 3.8) is 0 Å². The van der Waals surface area contributed by atoms with E-state index in [1.54, 1.807) is 0 Å². The highest BCUT2D eigenvalue weighted by Crippen LogP contribution is 2.27. The monoisotopic (exact) mass is 538 g/mol. The molecule has 1 N–H and O–H groups in total. The molecule has 4 nitrogen and oxygen atoms in total. The van der Waals surface area contributed by atoms with E-state index in [9.17, 15) is 10.1 Å². The molecule has 0 unspecified atom stereocenters. The molecule has 0 aliphatic rings. The van der Waals surface area contributed by atoms with Gasteiger partial charge in [-0.15, -0.1) is 0 Å². The van der Waals surface area contributed by atoms with E-state index in [1.807, 2.05) is 72.8 Å². The van der Waals surface area contributed by atoms with Crippen molar-refractivity contribution in [1.29, 1.82) is 5.26 Å². The first-order chi connectivity index (χ1) is 15.0. The van der Waals surface area contributed by atoms with Crippen LogP contribution in [0.25, 0.3) is 6.08 Å². The summed E-state index contributed by atoms with van der Waals surface area (Å²) in [5.41, 5.74) is 3.46. The second kappa shape index (κ2) is 10.9. The molecule has 31 heavy (non-hydrogen) atoms. The number of anilines is 1. The van der Waals surface area contributed by atoms with Crippen LogP contribution in [0.15, 0.2) is 81.2 Å². The molecule has 156 valence electrons. The average molecular weight is 540 g/mol. The lowest BCUT2D eigenvalue weighted by molar-refractivity contribution is -0.112. The Morgan fingerprint density at radius 3 is 2.29 bits per heavy atom. The van der Waals surface area contributed by atoms with Gasteiger partial charge >= 0.3 is 0 Å². The maximum atomic E-state index is 12.7. The van der Waals surface area contributed by atoms with Gasteiger partial charge in [0.25, 0.3) is 5.91 Å². The first-order valence-electron chi connectivity index (χ1n) is 9.67. The minimum absolute atomic E-state index is 0.00819. The van der Waals surface area contributed by atoms with Crippen LogP contribution in [0.1, 0.15) is 23.6 Å². The molecule has 3 rings (SSSR count). The number of benzene rings is 3. The van der Waals surface area contributed by atoms with E-state index in [4.69, 9.17) is 4.74 Å². The second-order valence-corrected chi connectivity index (χ2v) is 8.60. The number of halogens is 2. The minimum atomic E-state index is -0.467. The molecule has 1 amide bonds. The van der Waals surface area contributed by atoms with Crippen LogP contribution >= 0.6 is 31.9 Å². The highest BCUT2D eigenvalue weighted by Gasteiger charge is 2.12. The number of nitrogens with one attached hydrogen (secondary N) is 1. The summed E-state index contributed by atoms with van der Waals surface area (Å²) in [6.07, 6.45) is 2.46. The normalized spacial score (nSPS) is 11.0. The van der Waals surface area contributed by atoms with E-state index < -0.39 is 5.91 Å². The second-order valence-electron chi connectivity index (χ2n) is 6.77. The Bertz CT molecular complexity index is 1130. The number of aryl methyl sites for hydroxylation is 1. The van der Waals surface area contributed by atoms with Crippen LogP contribution in [-0.2, 0) is 17.8 Å². The molecule has 0 fully saturated rings. The predicted molar refractivity (Wildman–Crippen MR) is 131 cm³/mol. The molecule has 3 aromatic carbocycles. The van der Waals surface area contributed by atoms with E-state index in [0.29, 0.717) is 23.6 Å². The standard InChI is InChI=1S/C25H20Br2N2O2/c1-2-17-5-10-23(11-6-17)29-25(30)20(15-28)13-19-14-22(27)9-12-24(19)31-16-18-3-7-21(26)8-4-18/h3-14H,2,16H2,1H3,(H,29,30)/b20-13+. The number of hydrogen-bond acceptors (Lipinski definition) is 3. The smallest absolute Gasteiger partial charge is 0.266 e. The van der Waals surface area contributed by atoms with Gasteiger partial charge in [-0.2, -0.15) is 5.26 Å². The number of nitriles is 1. The van der Waals surface area contributed by atoms with E-state index in [1.165, 1.54) is 11.6 Å². The number of carbonyl (C=O) groups is 1. The van der Waals surface area contributed by atoms with Crippen LogP contribution in [0.4, 0.5) is 5.69 Å². The molecule has 0 heterocycles. The topological polar surface area (TPSA) is 62.1 Å². The Balaban J connectivity index is 1.80. The van der Waals surface area contributed by atoms with Gasteiger partial charge < -0.3 is 10.1 Å². The highest BCUT2D eigenvalue weighted by molar-refractivity contribution is 9.10. The molecule has 0 saturated carbocycles. The van der Waals surface area contributed by atoms with Crippen molar-refractivity contribution in [2.24, 2.45) is 0 Å². The summed E-state index contributed by atoms with van der Waals surface area (Å²) in [7, 11) is 0. The summed E-state index contributed by atoms with van der Waals surface area (Å²) in [6.45, 7) is 2.44. The molecular formula is C25H20Br2N2O2. The Morgan fingerprint density at radius 1 is 1.00 bits per heavy atom. The number of hydrogen-bond donors (Lipinski definition) is 1. The van der Waals surface area contributed by atoms with Gasteiger partial charge in [0.1, 0.15) is 24.0 Å². The van der Waals surface area contributed by atoms with Crippen LogP contribution in [0.2, 0.25) is 0 Å². The fourth-order valence-corrected chi connectivity index (χ4v) is 3.47. The first-order valence-corrected chi connectivity index (χ1v) is 11.3. The number of rotatable bonds is 7. The summed E-state index contributed by atoms with van der Waals surface area (Å²) < 4.78 is 7.78. The Morgan fingerprint density at radius 2 is 1.65 bits per heavy atom. The van der Waals surface area contributed by atoms with Crippen LogP contribution in [-0.4, -0.2) is 5.91 Å². The molecule has 0 radical (unpaired) electrons. The fourth-order valence-electron chi connectivity index (χ4n) is 2.83. The molecular weight excluding hydrogens is 520 g/mol. The van der Waals surface area contributed by atoms with Crippen LogP contribution < -0.4 is 10.1 Å². The van der Waals surface area contributed by atoms with Crippen molar-refractivity contribution in [2.75, 3.05) is 5.32 Å². The summed E-state index contributed by atoms with van der Waals surface area (Å²) >= 11 is 6.86. The van der Waals surface area contributed by atoms with Gasteiger partial charge in [-0.25, -0.2) is 0 Å². The summed E-state index contributed by atoms with van der Waals surface area (Å²) in [4.78, 5) is 12.7. The largest absolute Gasteiger partial charge is 0.488 e. The van der Waals surface area contributed by atoms with Gasteiger partial charge in [0.2, 0.25) is 0 Å². The third-order valence-electron chi connectivity index (χ3n) is 4.56. The summed E-state index contributed by atoms with van der Waals surface area (Å²) in [5.74, 6) is 0.115. The zero-order chi connectivity index (χ0) is 22.2. The molecule has 0 atom stereocenters. The van der Waals surface area contributed by atoms with Crippen molar-refractivity contribution in [2.45, 2.75) is 20.0 Å². The maximum absolute atomic E-state index is 12.7. The Labute approximate surface area is 198 Å². The predicted octanol–water partition coefficient (Wildman–Crippen LogP) is 6.90. The maximum Gasteiger partial charge on any atom is 0.266 e. The third-order valence-corrected chi connectivity index (χ3v) is 5.59. The van der Waals surface area contributed by atoms with E-state index >= 15 is 0 Å². The van der Waals surface area contributed by atoms with Crippen molar-refractivity contribution in [1.82, 2.24) is 0 Å². The molecule has 0 bridgehead atoms.